The normalized spacial score (nSPS) is 11.2. The van der Waals surface area contributed by atoms with Crippen LogP contribution in [0.3, 0.4) is 0 Å². The molecular weight excluding hydrogens is 454 g/mol. The SMILES string of the molecule is O=P(Nc1ccc(Br)cc1)(Nc1ccc(Br)cc1)OCCCl. The van der Waals surface area contributed by atoms with Crippen molar-refractivity contribution in [2.75, 3.05) is 22.7 Å². The summed E-state index contributed by atoms with van der Waals surface area (Å²) in [5.41, 5.74) is 1.37. The van der Waals surface area contributed by atoms with Gasteiger partial charge in [0.15, 0.2) is 0 Å². The van der Waals surface area contributed by atoms with E-state index in [1.165, 1.54) is 0 Å². The third kappa shape index (κ3) is 5.60. The molecule has 0 aromatic heterocycles. The van der Waals surface area contributed by atoms with E-state index in [0.29, 0.717) is 11.4 Å². The van der Waals surface area contributed by atoms with Gasteiger partial charge in [0.05, 0.1) is 6.61 Å². The van der Waals surface area contributed by atoms with Gasteiger partial charge in [0.25, 0.3) is 0 Å². The zero-order chi connectivity index (χ0) is 16.0. The van der Waals surface area contributed by atoms with Crippen LogP contribution in [0.2, 0.25) is 0 Å². The molecule has 0 aliphatic carbocycles. The smallest absolute Gasteiger partial charge is 0.299 e. The lowest BCUT2D eigenvalue weighted by molar-refractivity contribution is 0.343. The lowest BCUT2D eigenvalue weighted by Gasteiger charge is -2.22. The molecule has 0 unspecified atom stereocenters. The van der Waals surface area contributed by atoms with Crippen LogP contribution in [0, 0.1) is 0 Å². The average Bonchev–Trinajstić information content (AvgIpc) is 2.50. The van der Waals surface area contributed by atoms with Gasteiger partial charge in [-0.25, -0.2) is 4.57 Å². The van der Waals surface area contributed by atoms with E-state index in [2.05, 4.69) is 42.0 Å². The van der Waals surface area contributed by atoms with Crippen molar-refractivity contribution in [1.82, 2.24) is 0 Å². The van der Waals surface area contributed by atoms with Crippen LogP contribution in [0.4, 0.5) is 11.4 Å². The van der Waals surface area contributed by atoms with Crippen LogP contribution in [0.25, 0.3) is 0 Å². The number of benzene rings is 2. The highest BCUT2D eigenvalue weighted by atomic mass is 79.9. The molecule has 0 heterocycles. The second-order valence-electron chi connectivity index (χ2n) is 4.31. The zero-order valence-electron chi connectivity index (χ0n) is 11.4. The van der Waals surface area contributed by atoms with Crippen LogP contribution < -0.4 is 10.2 Å². The van der Waals surface area contributed by atoms with E-state index in [9.17, 15) is 4.57 Å². The second-order valence-corrected chi connectivity index (χ2v) is 8.33. The average molecular weight is 469 g/mol. The molecule has 0 saturated carbocycles. The fourth-order valence-corrected chi connectivity index (χ4v) is 3.87. The van der Waals surface area contributed by atoms with Crippen LogP contribution in [0.15, 0.2) is 57.5 Å². The van der Waals surface area contributed by atoms with Crippen molar-refractivity contribution in [3.63, 3.8) is 0 Å². The Hall–Kier alpha value is -0.520. The van der Waals surface area contributed by atoms with Crippen LogP contribution >= 0.6 is 51.1 Å². The van der Waals surface area contributed by atoms with E-state index >= 15 is 0 Å². The molecule has 2 aromatic carbocycles. The summed E-state index contributed by atoms with van der Waals surface area (Å²) in [5.74, 6) is 0.258. The van der Waals surface area contributed by atoms with Gasteiger partial charge in [-0.2, -0.15) is 0 Å². The maximum Gasteiger partial charge on any atom is 0.391 e. The molecule has 22 heavy (non-hydrogen) atoms. The van der Waals surface area contributed by atoms with E-state index in [4.69, 9.17) is 16.1 Å². The number of nitrogens with one attached hydrogen (secondary N) is 2. The van der Waals surface area contributed by atoms with Gasteiger partial charge in [-0.1, -0.05) is 31.9 Å². The number of hydrogen-bond donors (Lipinski definition) is 2. The van der Waals surface area contributed by atoms with Gasteiger partial charge in [0, 0.05) is 26.2 Å². The van der Waals surface area contributed by atoms with Gasteiger partial charge in [-0.05, 0) is 48.5 Å². The van der Waals surface area contributed by atoms with Crippen molar-refractivity contribution in [2.24, 2.45) is 0 Å². The molecule has 4 nitrogen and oxygen atoms in total. The number of halogens is 3. The molecule has 0 aliphatic rings. The zero-order valence-corrected chi connectivity index (χ0v) is 16.3. The monoisotopic (exact) mass is 466 g/mol. The summed E-state index contributed by atoms with van der Waals surface area (Å²) in [6.07, 6.45) is 0. The molecule has 0 spiro atoms. The highest BCUT2D eigenvalue weighted by Gasteiger charge is 2.23. The van der Waals surface area contributed by atoms with Gasteiger partial charge in [-0.3, -0.25) is 14.7 Å². The molecule has 0 atom stereocenters. The summed E-state index contributed by atoms with van der Waals surface area (Å²) in [4.78, 5) is 0. The molecule has 0 bridgehead atoms. The Kier molecular flexibility index (Phi) is 6.78. The van der Waals surface area contributed by atoms with Gasteiger partial charge in [-0.15, -0.1) is 11.6 Å². The van der Waals surface area contributed by atoms with Gasteiger partial charge in [0.1, 0.15) is 0 Å². The lowest BCUT2D eigenvalue weighted by Crippen LogP contribution is -2.11. The number of anilines is 2. The van der Waals surface area contributed by atoms with E-state index in [0.717, 1.165) is 8.95 Å². The minimum absolute atomic E-state index is 0.173. The first-order valence-corrected chi connectivity index (χ1v) is 10.1. The van der Waals surface area contributed by atoms with Crippen molar-refractivity contribution in [3.05, 3.63) is 57.5 Å². The maximum absolute atomic E-state index is 13.0. The molecule has 118 valence electrons. The molecule has 8 heteroatoms. The van der Waals surface area contributed by atoms with Crippen LogP contribution in [0.1, 0.15) is 0 Å². The molecule has 0 radical (unpaired) electrons. The minimum Gasteiger partial charge on any atom is -0.299 e. The Bertz CT molecular complexity index is 601. The predicted octanol–water partition coefficient (Wildman–Crippen LogP) is 6.10. The molecule has 0 aliphatic heterocycles. The highest BCUT2D eigenvalue weighted by Crippen LogP contribution is 2.46. The highest BCUT2D eigenvalue weighted by molar-refractivity contribution is 9.10. The van der Waals surface area contributed by atoms with Crippen molar-refractivity contribution in [2.45, 2.75) is 0 Å². The van der Waals surface area contributed by atoms with E-state index in [1.54, 1.807) is 0 Å². The number of alkyl halides is 1. The fraction of sp³-hybridized carbons (Fsp3) is 0.143. The molecule has 0 fully saturated rings. The van der Waals surface area contributed by atoms with Gasteiger partial charge in [0.2, 0.25) is 0 Å². The van der Waals surface area contributed by atoms with E-state index in [1.807, 2.05) is 48.5 Å². The number of rotatable bonds is 7. The quantitative estimate of drug-likeness (QED) is 0.381. The molecular formula is C14H14Br2ClN2O2P. The van der Waals surface area contributed by atoms with Crippen LogP contribution in [-0.2, 0) is 9.09 Å². The molecule has 0 saturated heterocycles. The van der Waals surface area contributed by atoms with Crippen molar-refractivity contribution >= 4 is 62.5 Å². The second kappa shape index (κ2) is 8.37. The van der Waals surface area contributed by atoms with Crippen LogP contribution in [-0.4, -0.2) is 12.5 Å². The van der Waals surface area contributed by atoms with E-state index in [-0.39, 0.29) is 12.5 Å². The first-order chi connectivity index (χ1) is 10.5. The van der Waals surface area contributed by atoms with Crippen molar-refractivity contribution in [1.29, 1.82) is 0 Å². The van der Waals surface area contributed by atoms with Gasteiger partial charge >= 0.3 is 7.67 Å². The third-order valence-electron chi connectivity index (χ3n) is 2.59. The summed E-state index contributed by atoms with van der Waals surface area (Å²) in [6, 6.07) is 14.7. The first kappa shape index (κ1) is 17.8. The Morgan fingerprint density at radius 2 is 1.32 bits per heavy atom. The Morgan fingerprint density at radius 3 is 1.68 bits per heavy atom. The maximum atomic E-state index is 13.0. The molecule has 2 rings (SSSR count). The van der Waals surface area contributed by atoms with Crippen LogP contribution in [0.5, 0.6) is 0 Å². The topological polar surface area (TPSA) is 50.4 Å². The molecule has 2 N–H and O–H groups in total. The van der Waals surface area contributed by atoms with Crippen molar-refractivity contribution in [3.8, 4) is 0 Å². The number of hydrogen-bond acceptors (Lipinski definition) is 2. The summed E-state index contributed by atoms with van der Waals surface area (Å²) in [6.45, 7) is 0.173. The largest absolute Gasteiger partial charge is 0.391 e. The first-order valence-electron chi connectivity index (χ1n) is 6.39. The minimum atomic E-state index is -3.32. The van der Waals surface area contributed by atoms with Gasteiger partial charge < -0.3 is 0 Å². The Morgan fingerprint density at radius 1 is 0.909 bits per heavy atom. The summed E-state index contributed by atoms with van der Waals surface area (Å²) < 4.78 is 20.3. The summed E-state index contributed by atoms with van der Waals surface area (Å²) >= 11 is 12.4. The summed E-state index contributed by atoms with van der Waals surface area (Å²) in [7, 11) is -3.32. The molecule has 2 aromatic rings. The third-order valence-corrected chi connectivity index (χ3v) is 5.45. The standard InChI is InChI=1S/C14H14Br2ClN2O2P/c15-11-1-5-13(6-2-11)18-22(20,21-10-9-17)19-14-7-3-12(16)4-8-14/h1-8H,9-10H2,(H2,18,19,20). The Labute approximate surface area is 151 Å². The lowest BCUT2D eigenvalue weighted by atomic mass is 10.3. The summed E-state index contributed by atoms with van der Waals surface area (Å²) in [5, 5.41) is 5.82. The predicted molar refractivity (Wildman–Crippen MR) is 99.8 cm³/mol. The van der Waals surface area contributed by atoms with Crippen molar-refractivity contribution < 1.29 is 9.09 Å². The Balaban J connectivity index is 2.17. The fourth-order valence-electron chi connectivity index (χ4n) is 1.64. The molecule has 0 amide bonds. The van der Waals surface area contributed by atoms with E-state index < -0.39 is 7.67 Å².